The van der Waals surface area contributed by atoms with E-state index in [2.05, 4.69) is 6.92 Å². The molecule has 0 saturated carbocycles. The lowest BCUT2D eigenvalue weighted by Gasteiger charge is -2.38. The van der Waals surface area contributed by atoms with E-state index < -0.39 is 0 Å². The molecule has 4 heteroatoms. The van der Waals surface area contributed by atoms with Crippen LogP contribution in [-0.4, -0.2) is 33.6 Å². The van der Waals surface area contributed by atoms with Crippen molar-refractivity contribution in [1.82, 2.24) is 4.90 Å². The van der Waals surface area contributed by atoms with Crippen LogP contribution in [0.4, 0.5) is 0 Å². The predicted molar refractivity (Wildman–Crippen MR) is 68.7 cm³/mol. The smallest absolute Gasteiger partial charge is 0.254 e. The number of rotatable bonds is 1. The third-order valence-corrected chi connectivity index (χ3v) is 3.78. The maximum absolute atomic E-state index is 12.4. The lowest BCUT2D eigenvalue weighted by Crippen LogP contribution is -2.46. The molecule has 98 valence electrons. The Kier molecular flexibility index (Phi) is 3.45. The van der Waals surface area contributed by atoms with Gasteiger partial charge in [0.15, 0.2) is 0 Å². The first-order chi connectivity index (χ1) is 8.49. The molecular weight excluding hydrogens is 230 g/mol. The molecule has 1 aliphatic heterocycles. The minimum Gasteiger partial charge on any atom is -0.508 e. The van der Waals surface area contributed by atoms with Crippen molar-refractivity contribution in [2.24, 2.45) is 5.92 Å². The molecule has 2 atom stereocenters. The van der Waals surface area contributed by atoms with Crippen LogP contribution >= 0.6 is 0 Å². The molecular formula is C14H19NO3. The van der Waals surface area contributed by atoms with Crippen molar-refractivity contribution in [3.63, 3.8) is 0 Å². The minimum absolute atomic E-state index is 0.0870. The van der Waals surface area contributed by atoms with Crippen molar-refractivity contribution in [3.8, 4) is 11.5 Å². The summed E-state index contributed by atoms with van der Waals surface area (Å²) in [6.07, 6.45) is 2.14. The van der Waals surface area contributed by atoms with Crippen molar-refractivity contribution in [1.29, 1.82) is 0 Å². The van der Waals surface area contributed by atoms with Gasteiger partial charge in [0.25, 0.3) is 5.91 Å². The second-order valence-corrected chi connectivity index (χ2v) is 5.10. The molecule has 4 nitrogen and oxygen atoms in total. The summed E-state index contributed by atoms with van der Waals surface area (Å²) in [6, 6.07) is 4.21. The zero-order valence-electron chi connectivity index (χ0n) is 10.8. The van der Waals surface area contributed by atoms with Gasteiger partial charge >= 0.3 is 0 Å². The number of hydrogen-bond acceptors (Lipinski definition) is 3. The molecule has 1 aliphatic rings. The molecule has 2 N–H and O–H groups in total. The van der Waals surface area contributed by atoms with Gasteiger partial charge in [0, 0.05) is 24.2 Å². The van der Waals surface area contributed by atoms with Gasteiger partial charge in [-0.1, -0.05) is 6.92 Å². The number of phenols is 2. The summed E-state index contributed by atoms with van der Waals surface area (Å²) in [4.78, 5) is 14.2. The Morgan fingerprint density at radius 1 is 1.22 bits per heavy atom. The second kappa shape index (κ2) is 4.88. The lowest BCUT2D eigenvalue weighted by molar-refractivity contribution is 0.0550. The Labute approximate surface area is 107 Å². The average molecular weight is 249 g/mol. The third kappa shape index (κ3) is 2.42. The summed E-state index contributed by atoms with van der Waals surface area (Å²) in [5.74, 6) is 0.181. The van der Waals surface area contributed by atoms with E-state index in [0.29, 0.717) is 11.5 Å². The van der Waals surface area contributed by atoms with Crippen molar-refractivity contribution in [2.75, 3.05) is 6.54 Å². The highest BCUT2D eigenvalue weighted by Crippen LogP contribution is 2.27. The number of carbonyl (C=O) groups is 1. The van der Waals surface area contributed by atoms with E-state index in [1.165, 1.54) is 18.2 Å². The summed E-state index contributed by atoms with van der Waals surface area (Å²) in [6.45, 7) is 4.93. The molecule has 1 aromatic rings. The molecule has 0 aliphatic carbocycles. The monoisotopic (exact) mass is 249 g/mol. The van der Waals surface area contributed by atoms with Crippen LogP contribution in [0.25, 0.3) is 0 Å². The van der Waals surface area contributed by atoms with E-state index in [9.17, 15) is 15.0 Å². The van der Waals surface area contributed by atoms with Crippen molar-refractivity contribution in [3.05, 3.63) is 23.8 Å². The van der Waals surface area contributed by atoms with Crippen LogP contribution in [0.1, 0.15) is 37.0 Å². The van der Waals surface area contributed by atoms with Gasteiger partial charge < -0.3 is 15.1 Å². The number of piperidine rings is 1. The van der Waals surface area contributed by atoms with E-state index in [4.69, 9.17) is 0 Å². The highest BCUT2D eigenvalue weighted by atomic mass is 16.3. The molecule has 0 spiro atoms. The Bertz CT molecular complexity index is 438. The fraction of sp³-hybridized carbons (Fsp3) is 0.500. The van der Waals surface area contributed by atoms with Gasteiger partial charge in [-0.25, -0.2) is 0 Å². The molecule has 1 saturated heterocycles. The third-order valence-electron chi connectivity index (χ3n) is 3.78. The molecule has 1 amide bonds. The number of phenolic OH excluding ortho intramolecular Hbond substituents is 2. The van der Waals surface area contributed by atoms with Crippen molar-refractivity contribution >= 4 is 5.91 Å². The molecule has 1 aromatic carbocycles. The van der Waals surface area contributed by atoms with Crippen LogP contribution in [0.5, 0.6) is 11.5 Å². The standard InChI is InChI=1S/C14H19NO3/c1-9-4-3-5-15(10(9)2)14(18)11-6-12(16)8-13(17)7-11/h6-10,16-17H,3-5H2,1-2H3. The zero-order valence-corrected chi connectivity index (χ0v) is 10.8. The quantitative estimate of drug-likeness (QED) is 0.803. The first kappa shape index (κ1) is 12.7. The number of nitrogens with zero attached hydrogens (tertiary/aromatic N) is 1. The van der Waals surface area contributed by atoms with E-state index in [1.54, 1.807) is 0 Å². The Balaban J connectivity index is 2.24. The van der Waals surface area contributed by atoms with Gasteiger partial charge in [-0.2, -0.15) is 0 Å². The van der Waals surface area contributed by atoms with Gasteiger partial charge in [0.05, 0.1) is 0 Å². The fourth-order valence-electron chi connectivity index (χ4n) is 2.51. The normalized spacial score (nSPS) is 24.0. The molecule has 1 heterocycles. The fourth-order valence-corrected chi connectivity index (χ4v) is 2.51. The molecule has 2 unspecified atom stereocenters. The molecule has 18 heavy (non-hydrogen) atoms. The predicted octanol–water partition coefficient (Wildman–Crippen LogP) is 2.36. The van der Waals surface area contributed by atoms with Gasteiger partial charge in [-0.3, -0.25) is 4.79 Å². The van der Waals surface area contributed by atoms with Gasteiger partial charge in [0.2, 0.25) is 0 Å². The summed E-state index contributed by atoms with van der Waals surface area (Å²) in [5, 5.41) is 18.9. The molecule has 2 rings (SSSR count). The van der Waals surface area contributed by atoms with Crippen LogP contribution < -0.4 is 0 Å². The number of benzene rings is 1. The molecule has 0 aromatic heterocycles. The summed E-state index contributed by atoms with van der Waals surface area (Å²) in [5.41, 5.74) is 0.341. The number of amides is 1. The first-order valence-corrected chi connectivity index (χ1v) is 6.33. The second-order valence-electron chi connectivity index (χ2n) is 5.10. The Hall–Kier alpha value is -1.71. The number of likely N-dealkylation sites (tertiary alicyclic amines) is 1. The largest absolute Gasteiger partial charge is 0.508 e. The lowest BCUT2D eigenvalue weighted by atomic mass is 9.91. The SMILES string of the molecule is CC1CCCN(C(=O)c2cc(O)cc(O)c2)C1C. The van der Waals surface area contributed by atoms with Crippen LogP contribution in [0.15, 0.2) is 18.2 Å². The summed E-state index contributed by atoms with van der Waals surface area (Å²) < 4.78 is 0. The van der Waals surface area contributed by atoms with Crippen molar-refractivity contribution in [2.45, 2.75) is 32.7 Å². The van der Waals surface area contributed by atoms with E-state index in [-0.39, 0.29) is 23.4 Å². The van der Waals surface area contributed by atoms with Gasteiger partial charge in [-0.05, 0) is 37.8 Å². The van der Waals surface area contributed by atoms with Crippen LogP contribution in [0.3, 0.4) is 0 Å². The first-order valence-electron chi connectivity index (χ1n) is 6.33. The Morgan fingerprint density at radius 3 is 2.44 bits per heavy atom. The maximum atomic E-state index is 12.4. The molecule has 0 radical (unpaired) electrons. The number of aromatic hydroxyl groups is 2. The molecule has 0 bridgehead atoms. The number of hydrogen-bond donors (Lipinski definition) is 2. The van der Waals surface area contributed by atoms with Gasteiger partial charge in [0.1, 0.15) is 11.5 Å². The zero-order chi connectivity index (χ0) is 13.3. The number of carbonyl (C=O) groups excluding carboxylic acids is 1. The van der Waals surface area contributed by atoms with E-state index in [1.807, 2.05) is 11.8 Å². The van der Waals surface area contributed by atoms with Crippen molar-refractivity contribution < 1.29 is 15.0 Å². The molecule has 1 fully saturated rings. The van der Waals surface area contributed by atoms with E-state index >= 15 is 0 Å². The van der Waals surface area contributed by atoms with Crippen LogP contribution in [-0.2, 0) is 0 Å². The highest BCUT2D eigenvalue weighted by Gasteiger charge is 2.29. The minimum atomic E-state index is -0.125. The van der Waals surface area contributed by atoms with Crippen LogP contribution in [0, 0.1) is 5.92 Å². The summed E-state index contributed by atoms with van der Waals surface area (Å²) >= 11 is 0. The van der Waals surface area contributed by atoms with Gasteiger partial charge in [-0.15, -0.1) is 0 Å². The Morgan fingerprint density at radius 2 is 1.83 bits per heavy atom. The topological polar surface area (TPSA) is 60.8 Å². The van der Waals surface area contributed by atoms with Crippen LogP contribution in [0.2, 0.25) is 0 Å². The highest BCUT2D eigenvalue weighted by molar-refractivity contribution is 5.95. The average Bonchev–Trinajstić information content (AvgIpc) is 2.30. The summed E-state index contributed by atoms with van der Waals surface area (Å²) in [7, 11) is 0. The van der Waals surface area contributed by atoms with E-state index in [0.717, 1.165) is 19.4 Å². The maximum Gasteiger partial charge on any atom is 0.254 e.